The van der Waals surface area contributed by atoms with Crippen LogP contribution in [0.1, 0.15) is 58.3 Å². The zero-order valence-electron chi connectivity index (χ0n) is 13.2. The summed E-state index contributed by atoms with van der Waals surface area (Å²) in [4.78, 5) is 0. The van der Waals surface area contributed by atoms with E-state index < -0.39 is 0 Å². The largest absolute Gasteiger partial charge is 0.298 e. The molecule has 0 fully saturated rings. The quantitative estimate of drug-likeness (QED) is 0.632. The van der Waals surface area contributed by atoms with Gasteiger partial charge in [0.05, 0.1) is 12.2 Å². The molecular formula is C17H28N4. The van der Waals surface area contributed by atoms with Crippen molar-refractivity contribution in [2.45, 2.75) is 65.0 Å². The first-order valence-electron chi connectivity index (χ1n) is 8.41. The fourth-order valence-electron chi connectivity index (χ4n) is 2.60. The Morgan fingerprint density at radius 1 is 0.952 bits per heavy atom. The predicted molar refractivity (Wildman–Crippen MR) is 88.1 cm³/mol. The average Bonchev–Trinajstić information content (AvgIpc) is 2.92. The zero-order chi connectivity index (χ0) is 14.8. The SMILES string of the molecule is CCCCCCCCCCNCn1nnc2ccccc21. The molecule has 116 valence electrons. The summed E-state index contributed by atoms with van der Waals surface area (Å²) >= 11 is 0. The Kier molecular flexibility index (Phi) is 7.22. The third kappa shape index (κ3) is 5.46. The molecule has 0 unspecified atom stereocenters. The molecule has 1 aromatic heterocycles. The van der Waals surface area contributed by atoms with Gasteiger partial charge in [0.1, 0.15) is 5.52 Å². The minimum absolute atomic E-state index is 0.747. The lowest BCUT2D eigenvalue weighted by molar-refractivity contribution is 0.488. The molecule has 0 aliphatic heterocycles. The third-order valence-electron chi connectivity index (χ3n) is 3.89. The van der Waals surface area contributed by atoms with Crippen LogP contribution in [0.5, 0.6) is 0 Å². The zero-order valence-corrected chi connectivity index (χ0v) is 13.2. The first kappa shape index (κ1) is 16.0. The molecule has 21 heavy (non-hydrogen) atoms. The maximum absolute atomic E-state index is 4.18. The van der Waals surface area contributed by atoms with E-state index in [1.165, 1.54) is 51.4 Å². The highest BCUT2D eigenvalue weighted by molar-refractivity contribution is 5.73. The number of para-hydroxylation sites is 1. The van der Waals surface area contributed by atoms with Gasteiger partial charge in [0, 0.05) is 0 Å². The normalized spacial score (nSPS) is 11.3. The van der Waals surface area contributed by atoms with Crippen molar-refractivity contribution < 1.29 is 0 Å². The van der Waals surface area contributed by atoms with Gasteiger partial charge < -0.3 is 0 Å². The van der Waals surface area contributed by atoms with E-state index in [2.05, 4.69) is 28.6 Å². The molecule has 1 aromatic carbocycles. The van der Waals surface area contributed by atoms with Gasteiger partial charge in [-0.2, -0.15) is 0 Å². The second-order valence-corrected chi connectivity index (χ2v) is 5.71. The number of aromatic nitrogens is 3. The summed E-state index contributed by atoms with van der Waals surface area (Å²) in [5.41, 5.74) is 2.06. The Morgan fingerprint density at radius 2 is 1.67 bits per heavy atom. The first-order chi connectivity index (χ1) is 10.4. The molecule has 2 aromatic rings. The lowest BCUT2D eigenvalue weighted by Gasteiger charge is -2.05. The highest BCUT2D eigenvalue weighted by Crippen LogP contribution is 2.09. The van der Waals surface area contributed by atoms with Crippen molar-refractivity contribution >= 4 is 11.0 Å². The van der Waals surface area contributed by atoms with E-state index in [4.69, 9.17) is 0 Å². The molecule has 4 heteroatoms. The van der Waals surface area contributed by atoms with E-state index in [1.54, 1.807) is 0 Å². The molecular weight excluding hydrogens is 260 g/mol. The van der Waals surface area contributed by atoms with Crippen molar-refractivity contribution in [3.8, 4) is 0 Å². The van der Waals surface area contributed by atoms with Crippen molar-refractivity contribution in [1.82, 2.24) is 20.3 Å². The number of fused-ring (bicyclic) bond motifs is 1. The molecule has 0 aliphatic rings. The monoisotopic (exact) mass is 288 g/mol. The predicted octanol–water partition coefficient (Wildman–Crippen LogP) is 4.12. The smallest absolute Gasteiger partial charge is 0.113 e. The summed E-state index contributed by atoms with van der Waals surface area (Å²) in [7, 11) is 0. The van der Waals surface area contributed by atoms with Crippen LogP contribution < -0.4 is 5.32 Å². The maximum atomic E-state index is 4.18. The summed E-state index contributed by atoms with van der Waals surface area (Å²) in [6.45, 7) is 4.07. The number of rotatable bonds is 11. The number of nitrogens with one attached hydrogen (secondary N) is 1. The van der Waals surface area contributed by atoms with Gasteiger partial charge in [-0.05, 0) is 25.1 Å². The van der Waals surface area contributed by atoms with E-state index in [0.717, 1.165) is 24.2 Å². The van der Waals surface area contributed by atoms with E-state index in [9.17, 15) is 0 Å². The van der Waals surface area contributed by atoms with Gasteiger partial charge in [0.15, 0.2) is 0 Å². The third-order valence-corrected chi connectivity index (χ3v) is 3.89. The Balaban J connectivity index is 1.52. The van der Waals surface area contributed by atoms with Crippen LogP contribution >= 0.6 is 0 Å². The Labute approximate surface area is 127 Å². The minimum atomic E-state index is 0.747. The van der Waals surface area contributed by atoms with Crippen LogP contribution in [-0.4, -0.2) is 21.5 Å². The fraction of sp³-hybridized carbons (Fsp3) is 0.647. The number of nitrogens with zero attached hydrogens (tertiary/aromatic N) is 3. The van der Waals surface area contributed by atoms with Crippen LogP contribution in [0.2, 0.25) is 0 Å². The molecule has 0 aliphatic carbocycles. The van der Waals surface area contributed by atoms with Crippen LogP contribution in [-0.2, 0) is 6.67 Å². The summed E-state index contributed by atoms with van der Waals surface area (Å²) in [6.07, 6.45) is 10.9. The average molecular weight is 288 g/mol. The topological polar surface area (TPSA) is 42.7 Å². The van der Waals surface area contributed by atoms with E-state index in [0.29, 0.717) is 0 Å². The molecule has 0 spiro atoms. The summed E-state index contributed by atoms with van der Waals surface area (Å²) < 4.78 is 1.93. The van der Waals surface area contributed by atoms with Crippen molar-refractivity contribution in [2.24, 2.45) is 0 Å². The molecule has 0 saturated carbocycles. The summed E-state index contributed by atoms with van der Waals surface area (Å²) in [5, 5.41) is 11.8. The van der Waals surface area contributed by atoms with E-state index in [1.807, 2.05) is 22.9 Å². The second-order valence-electron chi connectivity index (χ2n) is 5.71. The van der Waals surface area contributed by atoms with Gasteiger partial charge in [0.2, 0.25) is 0 Å². The molecule has 2 rings (SSSR count). The maximum Gasteiger partial charge on any atom is 0.113 e. The van der Waals surface area contributed by atoms with Crippen molar-refractivity contribution in [2.75, 3.05) is 6.54 Å². The van der Waals surface area contributed by atoms with Crippen molar-refractivity contribution in [3.63, 3.8) is 0 Å². The second kappa shape index (κ2) is 9.50. The van der Waals surface area contributed by atoms with E-state index in [-0.39, 0.29) is 0 Å². The highest BCUT2D eigenvalue weighted by Gasteiger charge is 2.01. The minimum Gasteiger partial charge on any atom is -0.298 e. The summed E-state index contributed by atoms with van der Waals surface area (Å²) in [6, 6.07) is 8.08. The Morgan fingerprint density at radius 3 is 2.48 bits per heavy atom. The van der Waals surface area contributed by atoms with Gasteiger partial charge in [-0.1, -0.05) is 69.2 Å². The van der Waals surface area contributed by atoms with Gasteiger partial charge in [-0.3, -0.25) is 5.32 Å². The van der Waals surface area contributed by atoms with E-state index >= 15 is 0 Å². The van der Waals surface area contributed by atoms with Crippen LogP contribution in [0.4, 0.5) is 0 Å². The van der Waals surface area contributed by atoms with Gasteiger partial charge >= 0.3 is 0 Å². The van der Waals surface area contributed by atoms with Gasteiger partial charge in [-0.25, -0.2) is 4.68 Å². The van der Waals surface area contributed by atoms with Gasteiger partial charge in [-0.15, -0.1) is 5.10 Å². The van der Waals surface area contributed by atoms with Crippen LogP contribution in [0.25, 0.3) is 11.0 Å². The standard InChI is InChI=1S/C17H28N4/c1-2-3-4-5-6-7-8-11-14-18-15-21-17-13-10-9-12-16(17)19-20-21/h9-10,12-13,18H,2-8,11,14-15H2,1H3. The number of hydrogen-bond acceptors (Lipinski definition) is 3. The first-order valence-corrected chi connectivity index (χ1v) is 8.41. The lowest BCUT2D eigenvalue weighted by Crippen LogP contribution is -2.20. The summed E-state index contributed by atoms with van der Waals surface area (Å²) in [5.74, 6) is 0. The van der Waals surface area contributed by atoms with Crippen LogP contribution in [0, 0.1) is 0 Å². The Hall–Kier alpha value is -1.42. The molecule has 4 nitrogen and oxygen atoms in total. The molecule has 0 saturated heterocycles. The lowest BCUT2D eigenvalue weighted by atomic mass is 10.1. The molecule has 0 atom stereocenters. The number of hydrogen-bond donors (Lipinski definition) is 1. The molecule has 1 N–H and O–H groups in total. The molecule has 0 amide bonds. The fourth-order valence-corrected chi connectivity index (χ4v) is 2.60. The van der Waals surface area contributed by atoms with Crippen molar-refractivity contribution in [3.05, 3.63) is 24.3 Å². The van der Waals surface area contributed by atoms with Crippen LogP contribution in [0.3, 0.4) is 0 Å². The molecule has 1 heterocycles. The molecule has 0 radical (unpaired) electrons. The highest BCUT2D eigenvalue weighted by atomic mass is 15.4. The Bertz CT molecular complexity index is 506. The van der Waals surface area contributed by atoms with Crippen LogP contribution in [0.15, 0.2) is 24.3 Å². The molecule has 0 bridgehead atoms. The van der Waals surface area contributed by atoms with Crippen molar-refractivity contribution in [1.29, 1.82) is 0 Å². The number of unbranched alkanes of at least 4 members (excludes halogenated alkanes) is 7. The van der Waals surface area contributed by atoms with Gasteiger partial charge in [0.25, 0.3) is 0 Å². The number of benzene rings is 1.